The van der Waals surface area contributed by atoms with Crippen LogP contribution in [0.4, 0.5) is 13.2 Å². The molecule has 0 atom stereocenters. The quantitative estimate of drug-likeness (QED) is 0.474. The first-order valence-corrected chi connectivity index (χ1v) is 10.4. The Kier molecular flexibility index (Phi) is 7.23. The fourth-order valence-electron chi connectivity index (χ4n) is 3.99. The van der Waals surface area contributed by atoms with Crippen LogP contribution in [0.3, 0.4) is 0 Å². The zero-order chi connectivity index (χ0) is 21.7. The van der Waals surface area contributed by atoms with Crippen molar-refractivity contribution in [2.45, 2.75) is 57.9 Å². The molecule has 0 unspecified atom stereocenters. The van der Waals surface area contributed by atoms with Gasteiger partial charge in [-0.25, -0.2) is 0 Å². The SMILES string of the molecule is COC(=O)CCNCc1cccc2c(C(F)(F)F)c(OC3CCC(C)CC3)ccc12. The minimum absolute atomic E-state index is 0.0923. The number of ether oxygens (including phenoxy) is 2. The van der Waals surface area contributed by atoms with Crippen molar-refractivity contribution in [3.8, 4) is 5.75 Å². The van der Waals surface area contributed by atoms with Crippen LogP contribution in [0.5, 0.6) is 5.75 Å². The number of nitrogens with one attached hydrogen (secondary N) is 1. The highest BCUT2D eigenvalue weighted by Gasteiger charge is 2.37. The van der Waals surface area contributed by atoms with E-state index in [0.29, 0.717) is 24.4 Å². The Bertz CT molecular complexity index is 874. The van der Waals surface area contributed by atoms with E-state index >= 15 is 0 Å². The Morgan fingerprint density at radius 1 is 1.10 bits per heavy atom. The van der Waals surface area contributed by atoms with Crippen molar-refractivity contribution in [1.29, 1.82) is 0 Å². The van der Waals surface area contributed by atoms with Gasteiger partial charge in [0.05, 0.1) is 19.6 Å². The molecule has 1 aliphatic rings. The van der Waals surface area contributed by atoms with Crippen molar-refractivity contribution < 1.29 is 27.4 Å². The van der Waals surface area contributed by atoms with E-state index in [1.807, 2.05) is 0 Å². The summed E-state index contributed by atoms with van der Waals surface area (Å²) in [6, 6.07) is 8.05. The number of alkyl halides is 3. The predicted octanol–water partition coefficient (Wildman–Crippen LogP) is 5.47. The summed E-state index contributed by atoms with van der Waals surface area (Å²) >= 11 is 0. The molecule has 2 aromatic rings. The maximum atomic E-state index is 14.0. The third-order valence-electron chi connectivity index (χ3n) is 5.70. The Morgan fingerprint density at radius 2 is 1.83 bits per heavy atom. The van der Waals surface area contributed by atoms with Gasteiger partial charge in [0.2, 0.25) is 0 Å². The Hall–Kier alpha value is -2.28. The predicted molar refractivity (Wildman–Crippen MR) is 109 cm³/mol. The molecule has 4 nitrogen and oxygen atoms in total. The van der Waals surface area contributed by atoms with E-state index in [2.05, 4.69) is 17.0 Å². The summed E-state index contributed by atoms with van der Waals surface area (Å²) in [5.41, 5.74) is 0.0240. The molecule has 30 heavy (non-hydrogen) atoms. The van der Waals surface area contributed by atoms with Gasteiger partial charge in [-0.3, -0.25) is 4.79 Å². The summed E-state index contributed by atoms with van der Waals surface area (Å²) in [7, 11) is 1.32. The van der Waals surface area contributed by atoms with Gasteiger partial charge in [0.1, 0.15) is 11.3 Å². The van der Waals surface area contributed by atoms with E-state index in [0.717, 1.165) is 31.2 Å². The monoisotopic (exact) mass is 423 g/mol. The van der Waals surface area contributed by atoms with Crippen LogP contribution in [-0.2, 0) is 22.3 Å². The number of hydrogen-bond acceptors (Lipinski definition) is 4. The van der Waals surface area contributed by atoms with Crippen LogP contribution >= 0.6 is 0 Å². The smallest absolute Gasteiger partial charge is 0.420 e. The molecular weight excluding hydrogens is 395 g/mol. The van der Waals surface area contributed by atoms with Crippen molar-refractivity contribution in [1.82, 2.24) is 5.32 Å². The zero-order valence-corrected chi connectivity index (χ0v) is 17.3. The minimum atomic E-state index is -4.52. The highest BCUT2D eigenvalue weighted by Crippen LogP contribution is 2.43. The fraction of sp³-hybridized carbons (Fsp3) is 0.522. The number of benzene rings is 2. The van der Waals surface area contributed by atoms with E-state index < -0.39 is 11.7 Å². The summed E-state index contributed by atoms with van der Waals surface area (Å²) in [6.07, 6.45) is -0.993. The molecule has 0 radical (unpaired) electrons. The van der Waals surface area contributed by atoms with Gasteiger partial charge >= 0.3 is 12.1 Å². The second-order valence-corrected chi connectivity index (χ2v) is 7.95. The van der Waals surface area contributed by atoms with Crippen molar-refractivity contribution in [2.24, 2.45) is 5.92 Å². The van der Waals surface area contributed by atoms with E-state index in [9.17, 15) is 18.0 Å². The lowest BCUT2D eigenvalue weighted by Crippen LogP contribution is -2.24. The summed E-state index contributed by atoms with van der Waals surface area (Å²) in [4.78, 5) is 11.2. The lowest BCUT2D eigenvalue weighted by atomic mass is 9.89. The number of esters is 1. The molecule has 0 bridgehead atoms. The summed E-state index contributed by atoms with van der Waals surface area (Å²) < 4.78 is 52.5. The van der Waals surface area contributed by atoms with Crippen molar-refractivity contribution in [3.05, 3.63) is 41.5 Å². The van der Waals surface area contributed by atoms with Crippen LogP contribution in [0.2, 0.25) is 0 Å². The van der Waals surface area contributed by atoms with Gasteiger partial charge in [0, 0.05) is 13.1 Å². The normalized spacial score (nSPS) is 19.6. The summed E-state index contributed by atoms with van der Waals surface area (Å²) in [5, 5.41) is 3.75. The molecule has 0 aliphatic heterocycles. The molecule has 0 spiro atoms. The maximum absolute atomic E-state index is 14.0. The molecule has 164 valence electrons. The summed E-state index contributed by atoms with van der Waals surface area (Å²) in [5.74, 6) is 0.168. The lowest BCUT2D eigenvalue weighted by molar-refractivity contribution is -0.140. The second-order valence-electron chi connectivity index (χ2n) is 7.95. The number of carbonyl (C=O) groups is 1. The molecule has 7 heteroatoms. The second kappa shape index (κ2) is 9.69. The molecule has 0 saturated heterocycles. The minimum Gasteiger partial charge on any atom is -0.490 e. The van der Waals surface area contributed by atoms with Crippen LogP contribution in [0.15, 0.2) is 30.3 Å². The van der Waals surface area contributed by atoms with Gasteiger partial charge in [-0.05, 0) is 54.0 Å². The third kappa shape index (κ3) is 5.45. The highest BCUT2D eigenvalue weighted by molar-refractivity contribution is 5.91. The third-order valence-corrected chi connectivity index (χ3v) is 5.70. The summed E-state index contributed by atoms with van der Waals surface area (Å²) in [6.45, 7) is 2.90. The lowest BCUT2D eigenvalue weighted by Gasteiger charge is -2.28. The number of halogens is 3. The van der Waals surface area contributed by atoms with Crippen LogP contribution in [0.1, 0.15) is 50.2 Å². The largest absolute Gasteiger partial charge is 0.490 e. The topological polar surface area (TPSA) is 47.6 Å². The zero-order valence-electron chi connectivity index (χ0n) is 17.3. The molecule has 0 amide bonds. The molecule has 1 fully saturated rings. The molecule has 3 rings (SSSR count). The van der Waals surface area contributed by atoms with Gasteiger partial charge in [-0.1, -0.05) is 31.2 Å². The van der Waals surface area contributed by atoms with Gasteiger partial charge in [0.25, 0.3) is 0 Å². The fourth-order valence-corrected chi connectivity index (χ4v) is 3.99. The standard InChI is InChI=1S/C23H28F3NO3/c1-15-6-8-17(9-7-15)30-20-11-10-18-16(14-27-13-12-21(28)29-2)4-3-5-19(18)22(20)23(24,25)26/h3-5,10-11,15,17,27H,6-9,12-14H2,1-2H3. The number of rotatable bonds is 7. The number of methoxy groups -OCH3 is 1. The number of fused-ring (bicyclic) bond motifs is 1. The van der Waals surface area contributed by atoms with Gasteiger partial charge in [-0.2, -0.15) is 13.2 Å². The van der Waals surface area contributed by atoms with Gasteiger partial charge < -0.3 is 14.8 Å². The van der Waals surface area contributed by atoms with E-state index in [-0.39, 0.29) is 29.6 Å². The average molecular weight is 423 g/mol. The van der Waals surface area contributed by atoms with Crippen LogP contribution in [0, 0.1) is 5.92 Å². The first-order chi connectivity index (χ1) is 14.3. The van der Waals surface area contributed by atoms with Crippen LogP contribution < -0.4 is 10.1 Å². The number of carbonyl (C=O) groups excluding carboxylic acids is 1. The first kappa shape index (κ1) is 22.4. The molecule has 1 saturated carbocycles. The molecule has 1 N–H and O–H groups in total. The van der Waals surface area contributed by atoms with E-state index in [1.54, 1.807) is 18.2 Å². The van der Waals surface area contributed by atoms with E-state index in [1.165, 1.54) is 19.2 Å². The molecule has 1 aliphatic carbocycles. The highest BCUT2D eigenvalue weighted by atomic mass is 19.4. The van der Waals surface area contributed by atoms with Gasteiger partial charge in [-0.15, -0.1) is 0 Å². The van der Waals surface area contributed by atoms with Crippen molar-refractivity contribution in [2.75, 3.05) is 13.7 Å². The number of hydrogen-bond donors (Lipinski definition) is 1. The maximum Gasteiger partial charge on any atom is 0.420 e. The van der Waals surface area contributed by atoms with E-state index in [4.69, 9.17) is 4.74 Å². The Morgan fingerprint density at radius 3 is 2.50 bits per heavy atom. The molecule has 0 aromatic heterocycles. The van der Waals surface area contributed by atoms with Gasteiger partial charge in [0.15, 0.2) is 0 Å². The van der Waals surface area contributed by atoms with Crippen molar-refractivity contribution >= 4 is 16.7 Å². The Labute approximate surface area is 174 Å². The first-order valence-electron chi connectivity index (χ1n) is 10.4. The molecular formula is C23H28F3NO3. The molecule has 0 heterocycles. The average Bonchev–Trinajstić information content (AvgIpc) is 2.71. The Balaban J connectivity index is 1.86. The van der Waals surface area contributed by atoms with Crippen LogP contribution in [0.25, 0.3) is 10.8 Å². The van der Waals surface area contributed by atoms with Crippen molar-refractivity contribution in [3.63, 3.8) is 0 Å². The van der Waals surface area contributed by atoms with Crippen LogP contribution in [-0.4, -0.2) is 25.7 Å². The molecule has 2 aromatic carbocycles.